The molecule has 2 N–H and O–H groups in total. The molecule has 2 aromatic rings. The number of benzene rings is 2. The van der Waals surface area contributed by atoms with Gasteiger partial charge < -0.3 is 14.9 Å². The first-order valence-electron chi connectivity index (χ1n) is 10.3. The second kappa shape index (κ2) is 12.2. The van der Waals surface area contributed by atoms with Crippen molar-refractivity contribution in [2.45, 2.75) is 50.8 Å². The first-order valence-corrected chi connectivity index (χ1v) is 11.3. The van der Waals surface area contributed by atoms with Crippen LogP contribution in [-0.4, -0.2) is 40.1 Å². The topological polar surface area (TPSA) is 101 Å². The van der Waals surface area contributed by atoms with Crippen molar-refractivity contribution in [3.8, 4) is 11.5 Å². The number of ketones is 2. The van der Waals surface area contributed by atoms with Crippen LogP contribution in [0.5, 0.6) is 11.5 Å². The van der Waals surface area contributed by atoms with Crippen molar-refractivity contribution in [3.63, 3.8) is 0 Å². The Bertz CT molecular complexity index is 938. The lowest BCUT2D eigenvalue weighted by atomic mass is 10.0. The summed E-state index contributed by atoms with van der Waals surface area (Å²) in [5.74, 6) is 0.0380. The molecule has 0 fully saturated rings. The van der Waals surface area contributed by atoms with Crippen LogP contribution in [0.1, 0.15) is 65.8 Å². The Balaban J connectivity index is 1.88. The van der Waals surface area contributed by atoms with Gasteiger partial charge in [-0.05, 0) is 44.0 Å². The Hall–Kier alpha value is -2.80. The minimum absolute atomic E-state index is 0.00519. The van der Waals surface area contributed by atoms with Gasteiger partial charge in [0.1, 0.15) is 11.5 Å². The molecule has 0 bridgehead atoms. The van der Waals surface area contributed by atoms with E-state index in [0.717, 1.165) is 23.5 Å². The Kier molecular flexibility index (Phi) is 9.59. The fourth-order valence-electron chi connectivity index (χ4n) is 3.08. The smallest absolute Gasteiger partial charge is 0.303 e. The van der Waals surface area contributed by atoms with Gasteiger partial charge in [-0.3, -0.25) is 14.4 Å². The molecule has 7 heteroatoms. The number of carboxylic acids is 1. The van der Waals surface area contributed by atoms with Crippen molar-refractivity contribution >= 4 is 29.3 Å². The number of carbonyl (C=O) groups is 3. The number of hydrogen-bond donors (Lipinski definition) is 2. The average Bonchev–Trinajstić information content (AvgIpc) is 2.74. The van der Waals surface area contributed by atoms with Crippen LogP contribution >= 0.6 is 11.8 Å². The standard InChI is InChI=1S/C24H28O6S/c1-3-6-20-22(11-9-19(16(2)25)24(20)29)30-13-5-14-31-18-8-4-7-17(15-18)21(26)10-12-23(27)28/h4,7-9,11,15,29H,3,5-6,10,12-14H2,1-2H3,(H,27,28). The number of aliphatic carboxylic acids is 1. The normalized spacial score (nSPS) is 10.6. The number of Topliss-reactive ketones (excluding diaryl/α,β-unsaturated/α-hetero) is 2. The van der Waals surface area contributed by atoms with Crippen LogP contribution in [0.3, 0.4) is 0 Å². The lowest BCUT2D eigenvalue weighted by Gasteiger charge is -2.14. The van der Waals surface area contributed by atoms with E-state index in [4.69, 9.17) is 9.84 Å². The summed E-state index contributed by atoms with van der Waals surface area (Å²) in [4.78, 5) is 35.3. The maximum atomic E-state index is 12.1. The molecule has 31 heavy (non-hydrogen) atoms. The summed E-state index contributed by atoms with van der Waals surface area (Å²) < 4.78 is 5.87. The van der Waals surface area contributed by atoms with Gasteiger partial charge in [-0.2, -0.15) is 0 Å². The van der Waals surface area contributed by atoms with Crippen molar-refractivity contribution in [3.05, 3.63) is 53.1 Å². The van der Waals surface area contributed by atoms with E-state index in [9.17, 15) is 19.5 Å². The van der Waals surface area contributed by atoms with E-state index in [0.29, 0.717) is 35.5 Å². The highest BCUT2D eigenvalue weighted by Gasteiger charge is 2.16. The van der Waals surface area contributed by atoms with Crippen molar-refractivity contribution in [2.75, 3.05) is 12.4 Å². The molecule has 0 atom stereocenters. The van der Waals surface area contributed by atoms with Gasteiger partial charge in [-0.15, -0.1) is 11.8 Å². The third kappa shape index (κ3) is 7.43. The van der Waals surface area contributed by atoms with Gasteiger partial charge in [-0.1, -0.05) is 25.5 Å². The van der Waals surface area contributed by atoms with Gasteiger partial charge in [0.2, 0.25) is 0 Å². The lowest BCUT2D eigenvalue weighted by molar-refractivity contribution is -0.136. The van der Waals surface area contributed by atoms with Gasteiger partial charge >= 0.3 is 5.97 Å². The third-order valence-electron chi connectivity index (χ3n) is 4.66. The number of phenolic OH excluding ortho intramolecular Hbond substituents is 1. The molecule has 0 unspecified atom stereocenters. The van der Waals surface area contributed by atoms with Crippen LogP contribution in [0.25, 0.3) is 0 Å². The molecule has 2 aromatic carbocycles. The fraction of sp³-hybridized carbons (Fsp3) is 0.375. The largest absolute Gasteiger partial charge is 0.507 e. The van der Waals surface area contributed by atoms with E-state index in [1.165, 1.54) is 6.92 Å². The van der Waals surface area contributed by atoms with E-state index in [1.54, 1.807) is 42.1 Å². The van der Waals surface area contributed by atoms with E-state index in [1.807, 2.05) is 13.0 Å². The Labute approximate surface area is 186 Å². The van der Waals surface area contributed by atoms with Crippen LogP contribution in [0, 0.1) is 0 Å². The number of carboxylic acid groups (broad SMARTS) is 1. The molecule has 0 saturated heterocycles. The second-order valence-corrected chi connectivity index (χ2v) is 8.31. The molecule has 166 valence electrons. The number of hydrogen-bond acceptors (Lipinski definition) is 6. The molecular formula is C24H28O6S. The van der Waals surface area contributed by atoms with Gasteiger partial charge in [0.15, 0.2) is 11.6 Å². The maximum absolute atomic E-state index is 12.1. The van der Waals surface area contributed by atoms with Crippen molar-refractivity contribution in [1.29, 1.82) is 0 Å². The Morgan fingerprint density at radius 2 is 1.87 bits per heavy atom. The number of rotatable bonds is 13. The highest BCUT2D eigenvalue weighted by Crippen LogP contribution is 2.33. The molecule has 0 aromatic heterocycles. The predicted molar refractivity (Wildman–Crippen MR) is 121 cm³/mol. The van der Waals surface area contributed by atoms with Gasteiger partial charge in [0.05, 0.1) is 18.6 Å². The first kappa shape index (κ1) is 24.5. The summed E-state index contributed by atoms with van der Waals surface area (Å²) in [6, 6.07) is 10.5. The zero-order valence-electron chi connectivity index (χ0n) is 17.8. The molecule has 2 rings (SSSR count). The molecule has 0 aliphatic heterocycles. The molecule has 6 nitrogen and oxygen atoms in total. The summed E-state index contributed by atoms with van der Waals surface area (Å²) in [6.45, 7) is 3.89. The molecule has 0 aliphatic carbocycles. The summed E-state index contributed by atoms with van der Waals surface area (Å²) in [7, 11) is 0. The molecule has 0 aliphatic rings. The Morgan fingerprint density at radius 3 is 2.55 bits per heavy atom. The van der Waals surface area contributed by atoms with Crippen molar-refractivity contribution < 1.29 is 29.3 Å². The number of thioether (sulfide) groups is 1. The maximum Gasteiger partial charge on any atom is 0.303 e. The number of carbonyl (C=O) groups excluding carboxylic acids is 2. The highest BCUT2D eigenvalue weighted by atomic mass is 32.2. The summed E-state index contributed by atoms with van der Waals surface area (Å²) in [5, 5.41) is 19.1. The Morgan fingerprint density at radius 1 is 1.10 bits per heavy atom. The summed E-state index contributed by atoms with van der Waals surface area (Å²) in [6.07, 6.45) is 2.02. The first-order chi connectivity index (χ1) is 14.8. The second-order valence-electron chi connectivity index (χ2n) is 7.14. The fourth-order valence-corrected chi connectivity index (χ4v) is 3.97. The van der Waals surface area contributed by atoms with Crippen LogP contribution in [0.4, 0.5) is 0 Å². The predicted octanol–water partition coefficient (Wildman–Crippen LogP) is 5.16. The van der Waals surface area contributed by atoms with Crippen LogP contribution in [-0.2, 0) is 11.2 Å². The molecule has 0 spiro atoms. The zero-order chi connectivity index (χ0) is 22.8. The van der Waals surface area contributed by atoms with Crippen LogP contribution in [0.15, 0.2) is 41.3 Å². The molecular weight excluding hydrogens is 416 g/mol. The SMILES string of the molecule is CCCc1c(OCCCSc2cccc(C(=O)CCC(=O)O)c2)ccc(C(C)=O)c1O. The van der Waals surface area contributed by atoms with Crippen molar-refractivity contribution in [1.82, 2.24) is 0 Å². The summed E-state index contributed by atoms with van der Waals surface area (Å²) >= 11 is 1.59. The van der Waals surface area contributed by atoms with E-state index < -0.39 is 5.97 Å². The van der Waals surface area contributed by atoms with Crippen molar-refractivity contribution in [2.24, 2.45) is 0 Å². The molecule has 0 heterocycles. The molecule has 0 saturated carbocycles. The van der Waals surface area contributed by atoms with E-state index in [2.05, 4.69) is 0 Å². The van der Waals surface area contributed by atoms with Gasteiger partial charge in [-0.25, -0.2) is 0 Å². The minimum Gasteiger partial charge on any atom is -0.507 e. The molecule has 0 radical (unpaired) electrons. The lowest BCUT2D eigenvalue weighted by Crippen LogP contribution is -2.04. The third-order valence-corrected chi connectivity index (χ3v) is 5.74. The minimum atomic E-state index is -0.981. The number of phenols is 1. The summed E-state index contributed by atoms with van der Waals surface area (Å²) in [5.41, 5.74) is 1.49. The highest BCUT2D eigenvalue weighted by molar-refractivity contribution is 7.99. The molecule has 0 amide bonds. The van der Waals surface area contributed by atoms with Crippen LogP contribution in [0.2, 0.25) is 0 Å². The van der Waals surface area contributed by atoms with Gasteiger partial charge in [0.25, 0.3) is 0 Å². The number of aromatic hydroxyl groups is 1. The average molecular weight is 445 g/mol. The quantitative estimate of drug-likeness (QED) is 0.250. The van der Waals surface area contributed by atoms with E-state index in [-0.39, 0.29) is 30.2 Å². The zero-order valence-corrected chi connectivity index (χ0v) is 18.7. The van der Waals surface area contributed by atoms with Crippen LogP contribution < -0.4 is 4.74 Å². The van der Waals surface area contributed by atoms with Gasteiger partial charge in [0, 0.05) is 28.2 Å². The monoisotopic (exact) mass is 444 g/mol. The number of ether oxygens (including phenoxy) is 1. The van der Waals surface area contributed by atoms with E-state index >= 15 is 0 Å².